The molecule has 1 rings (SSSR count). The van der Waals surface area contributed by atoms with Gasteiger partial charge in [0.2, 0.25) is 10.0 Å². The Hall–Kier alpha value is -1.78. The van der Waals surface area contributed by atoms with Crippen molar-refractivity contribution < 1.29 is 18.3 Å². The molecule has 0 spiro atoms. The molecule has 1 aromatic rings. The molecule has 0 aromatic heterocycles. The van der Waals surface area contributed by atoms with E-state index in [9.17, 15) is 13.2 Å². The first-order valence-electron chi connectivity index (χ1n) is 4.72. The van der Waals surface area contributed by atoms with Crippen LogP contribution in [0, 0.1) is 11.3 Å². The number of carboxylic acid groups (broad SMARTS) is 1. The number of carbonyl (C=O) groups is 1. The molecule has 1 unspecified atom stereocenters. The van der Waals surface area contributed by atoms with E-state index in [4.69, 9.17) is 22.0 Å². The van der Waals surface area contributed by atoms with Gasteiger partial charge in [-0.15, -0.1) is 0 Å². The molecule has 0 saturated carbocycles. The smallest absolute Gasteiger partial charge is 0.323 e. The van der Waals surface area contributed by atoms with E-state index in [0.717, 1.165) is 6.92 Å². The van der Waals surface area contributed by atoms with Gasteiger partial charge in [0.25, 0.3) is 0 Å². The van der Waals surface area contributed by atoms with Crippen LogP contribution in [0.3, 0.4) is 0 Å². The second-order valence-electron chi connectivity index (χ2n) is 3.43. The van der Waals surface area contributed by atoms with Crippen LogP contribution in [-0.2, 0) is 14.8 Å². The standard InChI is InChI=1S/C10H9ClN2O4S/c1-6(10(14)15)18(16,17)13-9-4-8(11)3-2-7(9)5-12/h2-4,6,13H,1H3,(H,14,15). The Morgan fingerprint density at radius 1 is 1.56 bits per heavy atom. The van der Waals surface area contributed by atoms with Crippen LogP contribution in [0.4, 0.5) is 5.69 Å². The normalized spacial score (nSPS) is 12.5. The van der Waals surface area contributed by atoms with Crippen molar-refractivity contribution in [3.63, 3.8) is 0 Å². The molecule has 0 aliphatic heterocycles. The Morgan fingerprint density at radius 2 is 2.17 bits per heavy atom. The molecule has 1 atom stereocenters. The predicted octanol–water partition coefficient (Wildman–Crippen LogP) is 1.43. The van der Waals surface area contributed by atoms with Gasteiger partial charge >= 0.3 is 5.97 Å². The third kappa shape index (κ3) is 3.12. The van der Waals surface area contributed by atoms with E-state index in [0.29, 0.717) is 0 Å². The third-order valence-electron chi connectivity index (χ3n) is 2.17. The zero-order valence-corrected chi connectivity index (χ0v) is 10.8. The Balaban J connectivity index is 3.16. The molecule has 0 bridgehead atoms. The molecular formula is C10H9ClN2O4S. The molecule has 8 heteroatoms. The molecule has 6 nitrogen and oxygen atoms in total. The summed E-state index contributed by atoms with van der Waals surface area (Å²) in [4.78, 5) is 10.6. The summed E-state index contributed by atoms with van der Waals surface area (Å²) in [5.41, 5.74) is 0.0127. The number of benzene rings is 1. The highest BCUT2D eigenvalue weighted by Gasteiger charge is 2.28. The first kappa shape index (κ1) is 14.3. The second-order valence-corrected chi connectivity index (χ2v) is 5.87. The van der Waals surface area contributed by atoms with E-state index >= 15 is 0 Å². The van der Waals surface area contributed by atoms with Crippen LogP contribution in [-0.4, -0.2) is 24.7 Å². The number of rotatable bonds is 4. The Morgan fingerprint density at radius 3 is 2.67 bits per heavy atom. The van der Waals surface area contributed by atoms with Crippen molar-refractivity contribution in [1.82, 2.24) is 0 Å². The van der Waals surface area contributed by atoms with Gasteiger partial charge < -0.3 is 5.11 Å². The molecular weight excluding hydrogens is 280 g/mol. The van der Waals surface area contributed by atoms with E-state index in [1.165, 1.54) is 18.2 Å². The van der Waals surface area contributed by atoms with Gasteiger partial charge in [0.1, 0.15) is 6.07 Å². The summed E-state index contributed by atoms with van der Waals surface area (Å²) < 4.78 is 25.4. The van der Waals surface area contributed by atoms with Crippen LogP contribution in [0.15, 0.2) is 18.2 Å². The van der Waals surface area contributed by atoms with Gasteiger partial charge in [-0.2, -0.15) is 5.26 Å². The topological polar surface area (TPSA) is 107 Å². The van der Waals surface area contributed by atoms with Crippen LogP contribution in [0.5, 0.6) is 0 Å². The lowest BCUT2D eigenvalue weighted by molar-refractivity contribution is -0.136. The minimum Gasteiger partial charge on any atom is -0.480 e. The van der Waals surface area contributed by atoms with Crippen molar-refractivity contribution in [2.45, 2.75) is 12.2 Å². The number of anilines is 1. The maximum atomic E-state index is 11.7. The molecule has 0 heterocycles. The molecule has 0 aliphatic carbocycles. The lowest BCUT2D eigenvalue weighted by Gasteiger charge is -2.12. The Bertz CT molecular complexity index is 621. The molecule has 1 aromatic carbocycles. The van der Waals surface area contributed by atoms with Crippen LogP contribution in [0.1, 0.15) is 12.5 Å². The van der Waals surface area contributed by atoms with Gasteiger partial charge in [0.15, 0.2) is 5.25 Å². The van der Waals surface area contributed by atoms with Crippen LogP contribution >= 0.6 is 11.6 Å². The summed E-state index contributed by atoms with van der Waals surface area (Å²) in [6, 6.07) is 5.79. The molecule has 2 N–H and O–H groups in total. The number of hydrogen-bond acceptors (Lipinski definition) is 4. The van der Waals surface area contributed by atoms with Crippen molar-refractivity contribution in [1.29, 1.82) is 5.26 Å². The van der Waals surface area contributed by atoms with Crippen molar-refractivity contribution >= 4 is 33.3 Å². The number of hydrogen-bond donors (Lipinski definition) is 2. The summed E-state index contributed by atoms with van der Waals surface area (Å²) in [6.07, 6.45) is 0. The maximum absolute atomic E-state index is 11.7. The van der Waals surface area contributed by atoms with Gasteiger partial charge in [-0.25, -0.2) is 8.42 Å². The van der Waals surface area contributed by atoms with Crippen molar-refractivity contribution in [3.8, 4) is 6.07 Å². The zero-order chi connectivity index (χ0) is 13.9. The average Bonchev–Trinajstić information content (AvgIpc) is 2.27. The summed E-state index contributed by atoms with van der Waals surface area (Å²) in [5, 5.41) is 16.1. The Kier molecular flexibility index (Phi) is 4.16. The average molecular weight is 289 g/mol. The number of nitriles is 1. The lowest BCUT2D eigenvalue weighted by atomic mass is 10.2. The summed E-state index contributed by atoms with van der Waals surface area (Å²) in [6.45, 7) is 1.03. The molecule has 18 heavy (non-hydrogen) atoms. The molecule has 0 aliphatic rings. The molecule has 0 fully saturated rings. The number of aliphatic carboxylic acids is 1. The number of sulfonamides is 1. The summed E-state index contributed by atoms with van der Waals surface area (Å²) in [5.74, 6) is -1.48. The largest absolute Gasteiger partial charge is 0.480 e. The van der Waals surface area contributed by atoms with Crippen LogP contribution in [0.2, 0.25) is 5.02 Å². The highest BCUT2D eigenvalue weighted by molar-refractivity contribution is 7.94. The van der Waals surface area contributed by atoms with Crippen molar-refractivity contribution in [2.75, 3.05) is 4.72 Å². The van der Waals surface area contributed by atoms with Gasteiger partial charge in [0, 0.05) is 5.02 Å². The minimum absolute atomic E-state index is 0.0434. The lowest BCUT2D eigenvalue weighted by Crippen LogP contribution is -2.32. The van der Waals surface area contributed by atoms with Crippen molar-refractivity contribution in [2.24, 2.45) is 0 Å². The quantitative estimate of drug-likeness (QED) is 0.871. The fourth-order valence-corrected chi connectivity index (χ4v) is 2.16. The van der Waals surface area contributed by atoms with Crippen LogP contribution < -0.4 is 4.72 Å². The van der Waals surface area contributed by atoms with Gasteiger partial charge in [-0.1, -0.05) is 11.6 Å². The van der Waals surface area contributed by atoms with Gasteiger partial charge in [-0.3, -0.25) is 9.52 Å². The highest BCUT2D eigenvalue weighted by Crippen LogP contribution is 2.22. The summed E-state index contributed by atoms with van der Waals surface area (Å²) >= 11 is 5.68. The molecule has 0 amide bonds. The highest BCUT2D eigenvalue weighted by atomic mass is 35.5. The molecule has 96 valence electrons. The monoisotopic (exact) mass is 288 g/mol. The van der Waals surface area contributed by atoms with E-state index in [1.54, 1.807) is 6.07 Å². The number of nitrogens with zero attached hydrogens (tertiary/aromatic N) is 1. The predicted molar refractivity (Wildman–Crippen MR) is 65.8 cm³/mol. The SMILES string of the molecule is CC(C(=O)O)S(=O)(=O)Nc1cc(Cl)ccc1C#N. The minimum atomic E-state index is -4.12. The van der Waals surface area contributed by atoms with Gasteiger partial charge in [0.05, 0.1) is 11.3 Å². The fraction of sp³-hybridized carbons (Fsp3) is 0.200. The Labute approximate surface area is 109 Å². The summed E-state index contributed by atoms with van der Waals surface area (Å²) in [7, 11) is -4.12. The van der Waals surface area contributed by atoms with E-state index in [2.05, 4.69) is 0 Å². The fourth-order valence-electron chi connectivity index (χ4n) is 1.07. The molecule has 0 saturated heterocycles. The van der Waals surface area contributed by atoms with Crippen LogP contribution in [0.25, 0.3) is 0 Å². The third-order valence-corrected chi connectivity index (χ3v) is 4.04. The van der Waals surface area contributed by atoms with Crippen molar-refractivity contribution in [3.05, 3.63) is 28.8 Å². The number of carboxylic acids is 1. The first-order valence-corrected chi connectivity index (χ1v) is 6.64. The maximum Gasteiger partial charge on any atom is 0.323 e. The van der Waals surface area contributed by atoms with E-state index in [1.807, 2.05) is 4.72 Å². The number of halogens is 1. The van der Waals surface area contributed by atoms with E-state index < -0.39 is 21.2 Å². The second kappa shape index (κ2) is 5.25. The van der Waals surface area contributed by atoms with E-state index in [-0.39, 0.29) is 16.3 Å². The first-order chi connectivity index (χ1) is 8.27. The molecule has 0 radical (unpaired) electrons. The zero-order valence-electron chi connectivity index (χ0n) is 9.21. The number of nitrogens with one attached hydrogen (secondary N) is 1. The van der Waals surface area contributed by atoms with Gasteiger partial charge in [-0.05, 0) is 25.1 Å².